The molecule has 5 heteroatoms. The van der Waals surface area contributed by atoms with Gasteiger partial charge in [-0.05, 0) is 43.9 Å². The molecule has 2 fully saturated rings. The quantitative estimate of drug-likeness (QED) is 0.928. The van der Waals surface area contributed by atoms with Gasteiger partial charge in [-0.1, -0.05) is 30.3 Å². The largest absolute Gasteiger partial charge is 0.312 e. The van der Waals surface area contributed by atoms with E-state index in [1.54, 1.807) is 10.4 Å². The average Bonchev–Trinajstić information content (AvgIpc) is 3.16. The Labute approximate surface area is 126 Å². The topological polar surface area (TPSA) is 49.4 Å². The van der Waals surface area contributed by atoms with Gasteiger partial charge in [0.25, 0.3) is 0 Å². The normalized spacial score (nSPS) is 27.6. The first-order valence-corrected chi connectivity index (χ1v) is 9.15. The molecule has 2 aliphatic heterocycles. The van der Waals surface area contributed by atoms with Crippen LogP contribution in [0.1, 0.15) is 31.2 Å². The van der Waals surface area contributed by atoms with Crippen molar-refractivity contribution in [3.63, 3.8) is 0 Å². The Balaban J connectivity index is 1.75. The molecule has 2 aliphatic rings. The molecule has 2 heterocycles. The van der Waals surface area contributed by atoms with Gasteiger partial charge in [0.05, 0.1) is 0 Å². The van der Waals surface area contributed by atoms with Crippen molar-refractivity contribution in [3.8, 4) is 0 Å². The van der Waals surface area contributed by atoms with Gasteiger partial charge in [0.1, 0.15) is 0 Å². The molecule has 0 aliphatic carbocycles. The van der Waals surface area contributed by atoms with E-state index < -0.39 is 10.0 Å². The highest BCUT2D eigenvalue weighted by Gasteiger charge is 2.38. The third kappa shape index (κ3) is 3.36. The van der Waals surface area contributed by atoms with Gasteiger partial charge in [0, 0.05) is 24.0 Å². The molecule has 0 spiro atoms. The zero-order chi connectivity index (χ0) is 14.7. The molecule has 3 rings (SSSR count). The molecular formula is C16H22N2O2S. The summed E-state index contributed by atoms with van der Waals surface area (Å²) in [6.45, 7) is 1.65. The van der Waals surface area contributed by atoms with Gasteiger partial charge in [-0.25, -0.2) is 8.42 Å². The number of benzene rings is 1. The van der Waals surface area contributed by atoms with E-state index >= 15 is 0 Å². The third-order valence-electron chi connectivity index (χ3n) is 4.37. The SMILES string of the molecule is O=S(=O)(C=Cc1ccccc1)N1CCCC1C1CCCN1. The summed E-state index contributed by atoms with van der Waals surface area (Å²) in [7, 11) is -3.33. The molecule has 2 unspecified atom stereocenters. The molecule has 2 atom stereocenters. The van der Waals surface area contributed by atoms with Crippen LogP contribution in [0.25, 0.3) is 6.08 Å². The van der Waals surface area contributed by atoms with Crippen molar-refractivity contribution < 1.29 is 8.42 Å². The minimum absolute atomic E-state index is 0.123. The van der Waals surface area contributed by atoms with Gasteiger partial charge in [-0.3, -0.25) is 0 Å². The Morgan fingerprint density at radius 2 is 1.95 bits per heavy atom. The van der Waals surface area contributed by atoms with Crippen LogP contribution in [0.4, 0.5) is 0 Å². The van der Waals surface area contributed by atoms with E-state index in [0.717, 1.165) is 37.8 Å². The Kier molecular flexibility index (Phi) is 4.42. The smallest absolute Gasteiger partial charge is 0.236 e. The highest BCUT2D eigenvalue weighted by molar-refractivity contribution is 7.92. The minimum Gasteiger partial charge on any atom is -0.312 e. The molecule has 21 heavy (non-hydrogen) atoms. The van der Waals surface area contributed by atoms with Crippen molar-refractivity contribution in [2.45, 2.75) is 37.8 Å². The van der Waals surface area contributed by atoms with Crippen molar-refractivity contribution in [2.75, 3.05) is 13.1 Å². The molecule has 0 bridgehead atoms. The summed E-state index contributed by atoms with van der Waals surface area (Å²) in [6.07, 6.45) is 5.85. The lowest BCUT2D eigenvalue weighted by atomic mass is 10.1. The molecule has 1 aromatic carbocycles. The van der Waals surface area contributed by atoms with Crippen LogP contribution in [0.3, 0.4) is 0 Å². The fraction of sp³-hybridized carbons (Fsp3) is 0.500. The fourth-order valence-electron chi connectivity index (χ4n) is 3.33. The first kappa shape index (κ1) is 14.8. The maximum Gasteiger partial charge on any atom is 0.236 e. The van der Waals surface area contributed by atoms with Crippen LogP contribution in [-0.4, -0.2) is 37.9 Å². The number of rotatable bonds is 4. The van der Waals surface area contributed by atoms with Gasteiger partial charge >= 0.3 is 0 Å². The number of nitrogens with zero attached hydrogens (tertiary/aromatic N) is 1. The highest BCUT2D eigenvalue weighted by Crippen LogP contribution is 2.28. The van der Waals surface area contributed by atoms with E-state index in [9.17, 15) is 8.42 Å². The third-order valence-corrected chi connectivity index (χ3v) is 5.96. The maximum atomic E-state index is 12.6. The Morgan fingerprint density at radius 1 is 1.14 bits per heavy atom. The second-order valence-corrected chi connectivity index (χ2v) is 7.55. The van der Waals surface area contributed by atoms with E-state index in [1.807, 2.05) is 30.3 Å². The lowest BCUT2D eigenvalue weighted by molar-refractivity contribution is 0.325. The lowest BCUT2D eigenvalue weighted by Crippen LogP contribution is -2.45. The molecule has 1 aromatic rings. The first-order valence-electron chi connectivity index (χ1n) is 7.65. The van der Waals surface area contributed by atoms with E-state index in [0.29, 0.717) is 12.6 Å². The maximum absolute atomic E-state index is 12.6. The molecule has 4 nitrogen and oxygen atoms in total. The average molecular weight is 306 g/mol. The van der Waals surface area contributed by atoms with E-state index in [-0.39, 0.29) is 6.04 Å². The van der Waals surface area contributed by atoms with Crippen molar-refractivity contribution in [1.29, 1.82) is 0 Å². The van der Waals surface area contributed by atoms with Crippen LogP contribution in [0.15, 0.2) is 35.7 Å². The summed E-state index contributed by atoms with van der Waals surface area (Å²) in [4.78, 5) is 0. The predicted molar refractivity (Wildman–Crippen MR) is 85.1 cm³/mol. The zero-order valence-electron chi connectivity index (χ0n) is 12.1. The van der Waals surface area contributed by atoms with Crippen molar-refractivity contribution in [1.82, 2.24) is 9.62 Å². The predicted octanol–water partition coefficient (Wildman–Crippen LogP) is 2.20. The van der Waals surface area contributed by atoms with Crippen molar-refractivity contribution in [2.24, 2.45) is 0 Å². The van der Waals surface area contributed by atoms with Gasteiger partial charge < -0.3 is 5.32 Å². The number of nitrogens with one attached hydrogen (secondary N) is 1. The van der Waals surface area contributed by atoms with Gasteiger partial charge in [0.15, 0.2) is 0 Å². The summed E-state index contributed by atoms with van der Waals surface area (Å²) in [5.41, 5.74) is 0.913. The van der Waals surface area contributed by atoms with Crippen LogP contribution < -0.4 is 5.32 Å². The van der Waals surface area contributed by atoms with Crippen LogP contribution in [0.2, 0.25) is 0 Å². The second kappa shape index (κ2) is 6.30. The van der Waals surface area contributed by atoms with E-state index in [2.05, 4.69) is 5.32 Å². The minimum atomic E-state index is -3.33. The van der Waals surface area contributed by atoms with Crippen LogP contribution >= 0.6 is 0 Å². The Hall–Kier alpha value is -1.17. The van der Waals surface area contributed by atoms with E-state index in [1.165, 1.54) is 5.41 Å². The highest BCUT2D eigenvalue weighted by atomic mass is 32.2. The lowest BCUT2D eigenvalue weighted by Gasteiger charge is -2.27. The summed E-state index contributed by atoms with van der Waals surface area (Å²) in [5.74, 6) is 0. The molecule has 1 N–H and O–H groups in total. The molecule has 0 saturated carbocycles. The van der Waals surface area contributed by atoms with Crippen LogP contribution in [-0.2, 0) is 10.0 Å². The number of hydrogen-bond donors (Lipinski definition) is 1. The van der Waals surface area contributed by atoms with Crippen LogP contribution in [0, 0.1) is 0 Å². The molecular weight excluding hydrogens is 284 g/mol. The van der Waals surface area contributed by atoms with E-state index in [4.69, 9.17) is 0 Å². The molecule has 0 radical (unpaired) electrons. The number of hydrogen-bond acceptors (Lipinski definition) is 3. The summed E-state index contributed by atoms with van der Waals surface area (Å²) in [6, 6.07) is 10.0. The fourth-order valence-corrected chi connectivity index (χ4v) is 4.83. The van der Waals surface area contributed by atoms with Gasteiger partial charge in [-0.2, -0.15) is 4.31 Å². The Morgan fingerprint density at radius 3 is 2.67 bits per heavy atom. The summed E-state index contributed by atoms with van der Waals surface area (Å²) >= 11 is 0. The van der Waals surface area contributed by atoms with Crippen molar-refractivity contribution >= 4 is 16.1 Å². The standard InChI is InChI=1S/C16H22N2O2S/c19-21(20,13-10-14-6-2-1-3-7-14)18-12-5-9-16(18)15-8-4-11-17-15/h1-3,6-7,10,13,15-17H,4-5,8-9,11-12H2. The first-order chi connectivity index (χ1) is 10.2. The summed E-state index contributed by atoms with van der Waals surface area (Å²) in [5, 5.41) is 4.80. The van der Waals surface area contributed by atoms with Crippen molar-refractivity contribution in [3.05, 3.63) is 41.3 Å². The summed E-state index contributed by atoms with van der Waals surface area (Å²) < 4.78 is 26.9. The van der Waals surface area contributed by atoms with Gasteiger partial charge in [-0.15, -0.1) is 0 Å². The monoisotopic (exact) mass is 306 g/mol. The zero-order valence-corrected chi connectivity index (χ0v) is 12.9. The van der Waals surface area contributed by atoms with Crippen LogP contribution in [0.5, 0.6) is 0 Å². The second-order valence-electron chi connectivity index (χ2n) is 5.78. The molecule has 114 valence electrons. The molecule has 0 amide bonds. The van der Waals surface area contributed by atoms with Gasteiger partial charge in [0.2, 0.25) is 10.0 Å². The Bertz CT molecular complexity index is 592. The number of sulfonamides is 1. The molecule has 0 aromatic heterocycles. The molecule has 2 saturated heterocycles.